The van der Waals surface area contributed by atoms with E-state index in [-0.39, 0.29) is 0 Å². The Kier molecular flexibility index (Phi) is 2.90. The topological polar surface area (TPSA) is 78.8 Å². The number of piperidine rings is 1. The molecule has 5 nitrogen and oxygen atoms in total. The Balaban J connectivity index is 1.90. The number of nitrogens with zero attached hydrogens (tertiary/aromatic N) is 4. The van der Waals surface area contributed by atoms with Crippen LogP contribution < -0.4 is 5.73 Å². The second-order valence-electron chi connectivity index (χ2n) is 5.76. The van der Waals surface area contributed by atoms with Crippen molar-refractivity contribution in [2.24, 2.45) is 0 Å². The van der Waals surface area contributed by atoms with Gasteiger partial charge in [0, 0.05) is 18.0 Å². The fourth-order valence-electron chi connectivity index (χ4n) is 3.56. The molecule has 2 aliphatic heterocycles. The van der Waals surface area contributed by atoms with E-state index in [1.807, 2.05) is 6.92 Å². The summed E-state index contributed by atoms with van der Waals surface area (Å²) < 4.78 is 0. The van der Waals surface area contributed by atoms with E-state index in [4.69, 9.17) is 11.0 Å². The summed E-state index contributed by atoms with van der Waals surface area (Å²) in [7, 11) is 2.22. The first kappa shape index (κ1) is 12.4. The maximum absolute atomic E-state index is 9.01. The van der Waals surface area contributed by atoms with Crippen molar-refractivity contribution >= 4 is 5.82 Å². The third-order valence-electron chi connectivity index (χ3n) is 4.71. The predicted molar refractivity (Wildman–Crippen MR) is 72.4 cm³/mol. The molecule has 1 aromatic rings. The van der Waals surface area contributed by atoms with Gasteiger partial charge in [-0.1, -0.05) is 0 Å². The molecule has 1 aromatic heterocycles. The largest absolute Gasteiger partial charge is 0.382 e. The van der Waals surface area contributed by atoms with Gasteiger partial charge in [0.25, 0.3) is 0 Å². The molecule has 2 atom stereocenters. The Morgan fingerprint density at radius 1 is 1.26 bits per heavy atom. The molecule has 0 aliphatic carbocycles. The number of hydrogen-bond acceptors (Lipinski definition) is 5. The zero-order valence-corrected chi connectivity index (χ0v) is 11.4. The Hall–Kier alpha value is -1.67. The minimum atomic E-state index is 0.330. The molecule has 2 bridgehead atoms. The van der Waals surface area contributed by atoms with Crippen molar-refractivity contribution in [2.75, 3.05) is 12.8 Å². The van der Waals surface area contributed by atoms with Crippen molar-refractivity contribution in [1.82, 2.24) is 14.9 Å². The lowest BCUT2D eigenvalue weighted by atomic mass is 9.90. The van der Waals surface area contributed by atoms with Crippen molar-refractivity contribution in [3.05, 3.63) is 17.1 Å². The third kappa shape index (κ3) is 1.96. The van der Waals surface area contributed by atoms with Crippen LogP contribution in [0.25, 0.3) is 0 Å². The fraction of sp³-hybridized carbons (Fsp3) is 0.643. The van der Waals surface area contributed by atoms with Crippen LogP contribution >= 0.6 is 0 Å². The molecule has 19 heavy (non-hydrogen) atoms. The van der Waals surface area contributed by atoms with Crippen LogP contribution in [-0.2, 0) is 0 Å². The van der Waals surface area contributed by atoms with Crippen molar-refractivity contribution in [2.45, 2.75) is 50.6 Å². The molecular weight excluding hydrogens is 238 g/mol. The summed E-state index contributed by atoms with van der Waals surface area (Å²) >= 11 is 0. The van der Waals surface area contributed by atoms with Gasteiger partial charge < -0.3 is 10.6 Å². The molecule has 2 aliphatic rings. The monoisotopic (exact) mass is 257 g/mol. The van der Waals surface area contributed by atoms with Gasteiger partial charge in [0.2, 0.25) is 0 Å². The molecule has 0 spiro atoms. The van der Waals surface area contributed by atoms with E-state index in [0.29, 0.717) is 35.1 Å². The Morgan fingerprint density at radius 3 is 2.42 bits per heavy atom. The minimum Gasteiger partial charge on any atom is -0.382 e. The summed E-state index contributed by atoms with van der Waals surface area (Å²) in [6.45, 7) is 1.84. The number of nitrogens with two attached hydrogens (primary N) is 1. The van der Waals surface area contributed by atoms with Crippen LogP contribution in [0.4, 0.5) is 5.82 Å². The van der Waals surface area contributed by atoms with Gasteiger partial charge in [-0.05, 0) is 39.7 Å². The lowest BCUT2D eigenvalue weighted by Gasteiger charge is -2.35. The highest BCUT2D eigenvalue weighted by Crippen LogP contribution is 2.41. The molecule has 3 rings (SSSR count). The van der Waals surface area contributed by atoms with Crippen molar-refractivity contribution in [3.8, 4) is 6.07 Å². The van der Waals surface area contributed by atoms with Gasteiger partial charge in [0.15, 0.2) is 0 Å². The summed E-state index contributed by atoms with van der Waals surface area (Å²) in [6, 6.07) is 3.39. The van der Waals surface area contributed by atoms with E-state index in [1.54, 1.807) is 0 Å². The van der Waals surface area contributed by atoms with Crippen LogP contribution in [0.15, 0.2) is 0 Å². The zero-order chi connectivity index (χ0) is 13.6. The second-order valence-corrected chi connectivity index (χ2v) is 5.76. The lowest BCUT2D eigenvalue weighted by Crippen LogP contribution is -2.39. The van der Waals surface area contributed by atoms with Gasteiger partial charge in [-0.25, -0.2) is 9.97 Å². The van der Waals surface area contributed by atoms with E-state index in [0.717, 1.165) is 18.7 Å². The number of rotatable bonds is 1. The van der Waals surface area contributed by atoms with Crippen LogP contribution in [0.5, 0.6) is 0 Å². The summed E-state index contributed by atoms with van der Waals surface area (Å²) in [5, 5.41) is 9.01. The SMILES string of the molecule is Cc1nc(C2CC3CCC(C2)N3C)nc(N)c1C#N. The summed E-state index contributed by atoms with van der Waals surface area (Å²) in [4.78, 5) is 11.4. The molecule has 2 fully saturated rings. The first-order valence-corrected chi connectivity index (χ1v) is 6.86. The highest BCUT2D eigenvalue weighted by molar-refractivity contribution is 5.50. The highest BCUT2D eigenvalue weighted by Gasteiger charge is 2.40. The predicted octanol–water partition coefficient (Wildman–Crippen LogP) is 1.58. The smallest absolute Gasteiger partial charge is 0.145 e. The van der Waals surface area contributed by atoms with Crippen LogP contribution in [-0.4, -0.2) is 34.0 Å². The molecule has 2 saturated heterocycles. The van der Waals surface area contributed by atoms with E-state index >= 15 is 0 Å². The zero-order valence-electron chi connectivity index (χ0n) is 11.4. The molecule has 100 valence electrons. The number of fused-ring (bicyclic) bond motifs is 2. The molecule has 2 unspecified atom stereocenters. The highest BCUT2D eigenvalue weighted by atomic mass is 15.2. The van der Waals surface area contributed by atoms with Crippen molar-refractivity contribution in [1.29, 1.82) is 5.26 Å². The maximum atomic E-state index is 9.01. The van der Waals surface area contributed by atoms with Crippen LogP contribution in [0, 0.1) is 18.3 Å². The van der Waals surface area contributed by atoms with Gasteiger partial charge >= 0.3 is 0 Å². The van der Waals surface area contributed by atoms with Gasteiger partial charge in [0.05, 0.1) is 5.69 Å². The fourth-order valence-corrected chi connectivity index (χ4v) is 3.56. The summed E-state index contributed by atoms with van der Waals surface area (Å²) in [5.74, 6) is 1.55. The maximum Gasteiger partial charge on any atom is 0.145 e. The van der Waals surface area contributed by atoms with Gasteiger partial charge in [-0.3, -0.25) is 0 Å². The van der Waals surface area contributed by atoms with Gasteiger partial charge in [0.1, 0.15) is 23.3 Å². The van der Waals surface area contributed by atoms with E-state index in [1.165, 1.54) is 12.8 Å². The van der Waals surface area contributed by atoms with Crippen molar-refractivity contribution in [3.63, 3.8) is 0 Å². The summed E-state index contributed by atoms with van der Waals surface area (Å²) in [5.41, 5.74) is 6.99. The molecule has 0 radical (unpaired) electrons. The molecule has 5 heteroatoms. The first-order valence-electron chi connectivity index (χ1n) is 6.86. The lowest BCUT2D eigenvalue weighted by molar-refractivity contribution is 0.159. The Morgan fingerprint density at radius 2 is 1.89 bits per heavy atom. The third-order valence-corrected chi connectivity index (χ3v) is 4.71. The first-order chi connectivity index (χ1) is 9.10. The Labute approximate surface area is 113 Å². The van der Waals surface area contributed by atoms with E-state index in [9.17, 15) is 0 Å². The standard InChI is InChI=1S/C14H19N5/c1-8-12(7-15)13(16)18-14(17-8)9-5-10-3-4-11(6-9)19(10)2/h9-11H,3-6H2,1-2H3,(H2,16,17,18). The van der Waals surface area contributed by atoms with Crippen LogP contribution in [0.3, 0.4) is 0 Å². The number of anilines is 1. The molecule has 0 aromatic carbocycles. The molecule has 2 N–H and O–H groups in total. The van der Waals surface area contributed by atoms with Gasteiger partial charge in [-0.2, -0.15) is 5.26 Å². The number of aryl methyl sites for hydroxylation is 1. The molecular formula is C14H19N5. The number of aromatic nitrogens is 2. The van der Waals surface area contributed by atoms with E-state index in [2.05, 4.69) is 28.0 Å². The van der Waals surface area contributed by atoms with E-state index < -0.39 is 0 Å². The quantitative estimate of drug-likeness (QED) is 0.826. The second kappa shape index (κ2) is 4.46. The van der Waals surface area contributed by atoms with Crippen molar-refractivity contribution < 1.29 is 0 Å². The number of nitrogen functional groups attached to an aromatic ring is 1. The van der Waals surface area contributed by atoms with Gasteiger partial charge in [-0.15, -0.1) is 0 Å². The average Bonchev–Trinajstić information content (AvgIpc) is 2.62. The summed E-state index contributed by atoms with van der Waals surface area (Å²) in [6.07, 6.45) is 4.78. The number of hydrogen-bond donors (Lipinski definition) is 1. The number of nitriles is 1. The van der Waals surface area contributed by atoms with Crippen LogP contribution in [0.1, 0.15) is 48.7 Å². The molecule has 0 amide bonds. The minimum absolute atomic E-state index is 0.330. The molecule has 3 heterocycles. The Bertz CT molecular complexity index is 510. The normalized spacial score (nSPS) is 30.3. The van der Waals surface area contributed by atoms with Crippen LogP contribution in [0.2, 0.25) is 0 Å². The average molecular weight is 257 g/mol. The molecule has 0 saturated carbocycles.